The Balaban J connectivity index is 2.80. The fourth-order valence-electron chi connectivity index (χ4n) is 1.55. The van der Waals surface area contributed by atoms with Crippen LogP contribution in [0.3, 0.4) is 0 Å². The number of carbonyl (C=O) groups excluding carboxylic acids is 2. The Morgan fingerprint density at radius 2 is 1.94 bits per heavy atom. The first kappa shape index (κ1) is 14.0. The van der Waals surface area contributed by atoms with Gasteiger partial charge in [-0.25, -0.2) is 4.79 Å². The van der Waals surface area contributed by atoms with Crippen molar-refractivity contribution < 1.29 is 14.3 Å². The molecule has 0 saturated heterocycles. The first-order valence-corrected chi connectivity index (χ1v) is 5.61. The molecule has 1 rings (SSSR count). The molecular weight excluding hydrogens is 232 g/mol. The van der Waals surface area contributed by atoms with Gasteiger partial charge in [0.1, 0.15) is 0 Å². The Morgan fingerprint density at radius 3 is 2.44 bits per heavy atom. The van der Waals surface area contributed by atoms with Crippen molar-refractivity contribution in [1.82, 2.24) is 4.90 Å². The second-order valence-corrected chi connectivity index (χ2v) is 4.35. The number of hydrogen-bond donors (Lipinski definition) is 1. The third kappa shape index (κ3) is 3.23. The Hall–Kier alpha value is -2.04. The summed E-state index contributed by atoms with van der Waals surface area (Å²) >= 11 is 0. The summed E-state index contributed by atoms with van der Waals surface area (Å²) in [4.78, 5) is 24.8. The minimum absolute atomic E-state index is 0.253. The number of amides is 1. The molecule has 18 heavy (non-hydrogen) atoms. The third-order valence-electron chi connectivity index (χ3n) is 2.54. The summed E-state index contributed by atoms with van der Waals surface area (Å²) in [6.07, 6.45) is -0.801. The van der Waals surface area contributed by atoms with E-state index in [1.54, 1.807) is 46.1 Å². The number of ether oxygens (including phenoxy) is 1. The summed E-state index contributed by atoms with van der Waals surface area (Å²) in [6, 6.07) is 4.91. The number of carbonyl (C=O) groups is 2. The second kappa shape index (κ2) is 5.53. The smallest absolute Gasteiger partial charge is 0.339 e. The lowest BCUT2D eigenvalue weighted by atomic mass is 10.1. The predicted octanol–water partition coefficient (Wildman–Crippen LogP) is 1.21. The van der Waals surface area contributed by atoms with Crippen LogP contribution in [0.5, 0.6) is 0 Å². The molecule has 0 aromatic heterocycles. The highest BCUT2D eigenvalue weighted by atomic mass is 16.5. The molecule has 0 radical (unpaired) electrons. The van der Waals surface area contributed by atoms with Crippen molar-refractivity contribution in [3.8, 4) is 0 Å². The van der Waals surface area contributed by atoms with Crippen molar-refractivity contribution >= 4 is 17.6 Å². The van der Waals surface area contributed by atoms with E-state index in [9.17, 15) is 9.59 Å². The van der Waals surface area contributed by atoms with Crippen molar-refractivity contribution in [3.05, 3.63) is 29.3 Å². The molecule has 0 aliphatic rings. The summed E-state index contributed by atoms with van der Waals surface area (Å²) in [6.45, 7) is 3.32. The van der Waals surface area contributed by atoms with Crippen LogP contribution in [0.4, 0.5) is 5.69 Å². The Kier molecular flexibility index (Phi) is 4.31. The molecule has 0 saturated carbocycles. The molecular formula is C13H18N2O3. The lowest BCUT2D eigenvalue weighted by molar-refractivity contribution is -0.137. The molecule has 0 aliphatic heterocycles. The quantitative estimate of drug-likeness (QED) is 0.646. The Bertz CT molecular complexity index is 469. The minimum atomic E-state index is -0.801. The highest BCUT2D eigenvalue weighted by Gasteiger charge is 2.21. The van der Waals surface area contributed by atoms with Gasteiger partial charge < -0.3 is 15.4 Å². The van der Waals surface area contributed by atoms with E-state index in [2.05, 4.69) is 0 Å². The zero-order valence-corrected chi connectivity index (χ0v) is 11.1. The maximum Gasteiger partial charge on any atom is 0.339 e. The molecule has 2 N–H and O–H groups in total. The van der Waals surface area contributed by atoms with Crippen LogP contribution in [-0.2, 0) is 9.53 Å². The summed E-state index contributed by atoms with van der Waals surface area (Å²) in [7, 11) is 3.22. The van der Waals surface area contributed by atoms with E-state index in [-0.39, 0.29) is 5.91 Å². The van der Waals surface area contributed by atoms with Crippen molar-refractivity contribution in [2.75, 3.05) is 19.8 Å². The first-order chi connectivity index (χ1) is 8.32. The standard InChI is InChI=1S/C13H18N2O3/c1-8-7-10(14)5-6-11(8)13(17)18-9(2)12(16)15(3)4/h5-7,9H,14H2,1-4H3. The molecule has 0 spiro atoms. The molecule has 0 aliphatic carbocycles. The third-order valence-corrected chi connectivity index (χ3v) is 2.54. The van der Waals surface area contributed by atoms with Crippen LogP contribution in [0.1, 0.15) is 22.8 Å². The van der Waals surface area contributed by atoms with Crippen molar-refractivity contribution in [1.29, 1.82) is 0 Å². The number of aryl methyl sites for hydroxylation is 1. The lowest BCUT2D eigenvalue weighted by Gasteiger charge is -2.17. The SMILES string of the molecule is Cc1cc(N)ccc1C(=O)OC(C)C(=O)N(C)C. The molecule has 0 bridgehead atoms. The zero-order chi connectivity index (χ0) is 13.9. The van der Waals surface area contributed by atoms with Gasteiger partial charge in [0, 0.05) is 19.8 Å². The highest BCUT2D eigenvalue weighted by Crippen LogP contribution is 2.14. The molecule has 1 aromatic carbocycles. The van der Waals surface area contributed by atoms with Gasteiger partial charge in [0.15, 0.2) is 6.10 Å². The minimum Gasteiger partial charge on any atom is -0.449 e. The van der Waals surface area contributed by atoms with Crippen molar-refractivity contribution in [2.45, 2.75) is 20.0 Å². The van der Waals surface area contributed by atoms with Gasteiger partial charge in [0.2, 0.25) is 0 Å². The lowest BCUT2D eigenvalue weighted by Crippen LogP contribution is -2.35. The van der Waals surface area contributed by atoms with Crippen molar-refractivity contribution in [3.63, 3.8) is 0 Å². The fraction of sp³-hybridized carbons (Fsp3) is 0.385. The van der Waals surface area contributed by atoms with Crippen LogP contribution < -0.4 is 5.73 Å². The molecule has 0 heterocycles. The fourth-order valence-corrected chi connectivity index (χ4v) is 1.55. The summed E-state index contributed by atoms with van der Waals surface area (Å²) < 4.78 is 5.11. The van der Waals surface area contributed by atoms with E-state index < -0.39 is 12.1 Å². The number of rotatable bonds is 3. The van der Waals surface area contributed by atoms with E-state index in [0.29, 0.717) is 11.3 Å². The summed E-state index contributed by atoms with van der Waals surface area (Å²) in [5.41, 5.74) is 7.33. The summed E-state index contributed by atoms with van der Waals surface area (Å²) in [5.74, 6) is -0.772. The first-order valence-electron chi connectivity index (χ1n) is 5.61. The second-order valence-electron chi connectivity index (χ2n) is 4.35. The van der Waals surface area contributed by atoms with Gasteiger partial charge in [-0.15, -0.1) is 0 Å². The van der Waals surface area contributed by atoms with Gasteiger partial charge in [0.25, 0.3) is 5.91 Å². The van der Waals surface area contributed by atoms with Crippen molar-refractivity contribution in [2.24, 2.45) is 0 Å². The highest BCUT2D eigenvalue weighted by molar-refractivity contribution is 5.93. The zero-order valence-electron chi connectivity index (χ0n) is 11.1. The van der Waals surface area contributed by atoms with Gasteiger partial charge in [0.05, 0.1) is 5.56 Å². The van der Waals surface area contributed by atoms with Gasteiger partial charge in [-0.3, -0.25) is 4.79 Å². The van der Waals surface area contributed by atoms with E-state index in [4.69, 9.17) is 10.5 Å². The number of nitrogens with two attached hydrogens (primary N) is 1. The monoisotopic (exact) mass is 250 g/mol. The van der Waals surface area contributed by atoms with E-state index in [1.165, 1.54) is 4.90 Å². The maximum absolute atomic E-state index is 11.9. The van der Waals surface area contributed by atoms with Crippen LogP contribution in [-0.4, -0.2) is 37.0 Å². The van der Waals surface area contributed by atoms with Gasteiger partial charge in [-0.2, -0.15) is 0 Å². The van der Waals surface area contributed by atoms with E-state index in [0.717, 1.165) is 5.56 Å². The number of nitrogen functional groups attached to an aromatic ring is 1. The number of benzene rings is 1. The number of likely N-dealkylation sites (N-methyl/N-ethyl adjacent to an activating group) is 1. The average Bonchev–Trinajstić information content (AvgIpc) is 2.27. The van der Waals surface area contributed by atoms with E-state index in [1.807, 2.05) is 0 Å². The van der Waals surface area contributed by atoms with Crippen LogP contribution >= 0.6 is 0 Å². The topological polar surface area (TPSA) is 72.6 Å². The Morgan fingerprint density at radius 1 is 1.33 bits per heavy atom. The largest absolute Gasteiger partial charge is 0.449 e. The number of esters is 1. The number of hydrogen-bond acceptors (Lipinski definition) is 4. The molecule has 1 aromatic rings. The van der Waals surface area contributed by atoms with E-state index >= 15 is 0 Å². The number of anilines is 1. The number of nitrogens with zero attached hydrogens (tertiary/aromatic N) is 1. The van der Waals surface area contributed by atoms with Crippen LogP contribution in [0.15, 0.2) is 18.2 Å². The average molecular weight is 250 g/mol. The van der Waals surface area contributed by atoms with Crippen LogP contribution in [0.2, 0.25) is 0 Å². The normalized spacial score (nSPS) is 11.8. The van der Waals surface area contributed by atoms with Gasteiger partial charge in [-0.05, 0) is 37.6 Å². The molecule has 0 fully saturated rings. The Labute approximate surface area is 107 Å². The molecule has 1 unspecified atom stereocenters. The summed E-state index contributed by atoms with van der Waals surface area (Å²) in [5, 5.41) is 0. The van der Waals surface area contributed by atoms with Gasteiger partial charge in [-0.1, -0.05) is 0 Å². The van der Waals surface area contributed by atoms with Crippen LogP contribution in [0.25, 0.3) is 0 Å². The molecule has 98 valence electrons. The van der Waals surface area contributed by atoms with Gasteiger partial charge >= 0.3 is 5.97 Å². The molecule has 5 nitrogen and oxygen atoms in total. The molecule has 5 heteroatoms. The molecule has 1 atom stereocenters. The molecule has 1 amide bonds. The van der Waals surface area contributed by atoms with Crippen LogP contribution in [0, 0.1) is 6.92 Å². The maximum atomic E-state index is 11.9. The predicted molar refractivity (Wildman–Crippen MR) is 69.2 cm³/mol.